The number of rotatable bonds is 13. The topological polar surface area (TPSA) is 72.8 Å². The number of ether oxygens (including phenoxy) is 1. The molecule has 0 fully saturated rings. The third kappa shape index (κ3) is 8.28. The minimum Gasteiger partial charge on any atom is -0.481 e. The summed E-state index contributed by atoms with van der Waals surface area (Å²) in [7, 11) is -5.43. The van der Waals surface area contributed by atoms with Crippen LogP contribution >= 0.6 is 7.80 Å². The summed E-state index contributed by atoms with van der Waals surface area (Å²) in [5.41, 5.74) is 5.48. The van der Waals surface area contributed by atoms with E-state index < -0.39 is 28.2 Å². The molecule has 4 rings (SSSR count). The lowest BCUT2D eigenvalue weighted by atomic mass is 9.93. The fraction of sp³-hybridized carbons (Fsp3) is 0.324. The highest BCUT2D eigenvalue weighted by molar-refractivity contribution is 7.44. The summed E-state index contributed by atoms with van der Waals surface area (Å²) in [6.45, 7) is 12.4. The Kier molecular flexibility index (Phi) is 11.4. The molecular weight excluding hydrogens is 602 g/mol. The van der Waals surface area contributed by atoms with E-state index in [4.69, 9.17) is 9.16 Å². The summed E-state index contributed by atoms with van der Waals surface area (Å²) < 4.78 is 40.7. The van der Waals surface area contributed by atoms with Gasteiger partial charge in [0.25, 0.3) is 8.32 Å². The van der Waals surface area contributed by atoms with E-state index in [1.165, 1.54) is 6.07 Å². The Bertz CT molecular complexity index is 1600. The van der Waals surface area contributed by atoms with E-state index in [0.29, 0.717) is 5.56 Å². The number of benzene rings is 4. The van der Waals surface area contributed by atoms with Gasteiger partial charge in [-0.05, 0) is 76.1 Å². The molecule has 0 saturated carbocycles. The van der Waals surface area contributed by atoms with Crippen LogP contribution in [0.15, 0.2) is 91.0 Å². The molecule has 45 heavy (non-hydrogen) atoms. The lowest BCUT2D eigenvalue weighted by molar-refractivity contribution is -0.138. The van der Waals surface area contributed by atoms with E-state index in [9.17, 15) is 18.9 Å². The van der Waals surface area contributed by atoms with Gasteiger partial charge in [-0.2, -0.15) is 0 Å². The predicted octanol–water partition coefficient (Wildman–Crippen LogP) is 7.87. The molecule has 0 aromatic heterocycles. The molecule has 5 nitrogen and oxygen atoms in total. The molecule has 1 N–H and O–H groups in total. The molecule has 0 amide bonds. The third-order valence-corrected chi connectivity index (χ3v) is 14.7. The molecule has 0 heterocycles. The van der Waals surface area contributed by atoms with Gasteiger partial charge in [-0.1, -0.05) is 105 Å². The van der Waals surface area contributed by atoms with Crippen LogP contribution in [0.1, 0.15) is 49.4 Å². The number of aryl methyl sites for hydroxylation is 3. The first kappa shape index (κ1) is 34.5. The van der Waals surface area contributed by atoms with Crippen LogP contribution in [0.4, 0.5) is 4.39 Å². The van der Waals surface area contributed by atoms with Crippen LogP contribution in [0.2, 0.25) is 5.04 Å². The fourth-order valence-corrected chi connectivity index (χ4v) is 12.2. The van der Waals surface area contributed by atoms with Crippen molar-refractivity contribution in [3.63, 3.8) is 0 Å². The van der Waals surface area contributed by atoms with E-state index in [1.807, 2.05) is 56.3 Å². The summed E-state index contributed by atoms with van der Waals surface area (Å²) in [5.74, 6) is -1.25. The van der Waals surface area contributed by atoms with Crippen molar-refractivity contribution in [2.45, 2.75) is 65.7 Å². The lowest BCUT2D eigenvalue weighted by Gasteiger charge is -2.45. The maximum atomic E-state index is 14.0. The first-order valence-corrected chi connectivity index (χ1v) is 19.0. The lowest BCUT2D eigenvalue weighted by Crippen LogP contribution is -2.68. The molecule has 4 aromatic carbocycles. The summed E-state index contributed by atoms with van der Waals surface area (Å²) in [6.07, 6.45) is -0.924. The average Bonchev–Trinajstić information content (AvgIpc) is 2.98. The number of carbonyl (C=O) groups is 1. The highest BCUT2D eigenvalue weighted by Crippen LogP contribution is 2.39. The standard InChI is InChI=1S/C37H44FO5PSi/c1-26-19-27(2)34(33(20-26)29-17-18-35(38)28(3)21-29)23-42-25-44(41)24-30(22-36(39)40)43-45(37(4,5)6,31-13-9-7-10-14-31)32-15-11-8-12-16-32/h7-21,30,44H,22-25H2,1-6H3,(H,39,40)/t30-/m0/s1. The van der Waals surface area contributed by atoms with Crippen molar-refractivity contribution in [3.05, 3.63) is 119 Å². The summed E-state index contributed by atoms with van der Waals surface area (Å²) in [4.78, 5) is 12.1. The van der Waals surface area contributed by atoms with Crippen LogP contribution in [0.5, 0.6) is 0 Å². The zero-order chi connectivity index (χ0) is 32.8. The fourth-order valence-electron chi connectivity index (χ4n) is 6.13. The van der Waals surface area contributed by atoms with Crippen molar-refractivity contribution in [1.29, 1.82) is 0 Å². The van der Waals surface area contributed by atoms with E-state index in [0.717, 1.165) is 38.2 Å². The first-order chi connectivity index (χ1) is 21.3. The minimum absolute atomic E-state index is 0.0000944. The Labute approximate surface area is 268 Å². The van der Waals surface area contributed by atoms with Crippen LogP contribution in [0.3, 0.4) is 0 Å². The van der Waals surface area contributed by atoms with E-state index in [-0.39, 0.29) is 36.4 Å². The van der Waals surface area contributed by atoms with Gasteiger partial charge in [-0.25, -0.2) is 4.39 Å². The van der Waals surface area contributed by atoms with Crippen LogP contribution in [0, 0.1) is 26.6 Å². The van der Waals surface area contributed by atoms with Crippen molar-refractivity contribution in [2.75, 3.05) is 12.5 Å². The van der Waals surface area contributed by atoms with Crippen LogP contribution in [-0.4, -0.2) is 38.0 Å². The first-order valence-electron chi connectivity index (χ1n) is 15.3. The van der Waals surface area contributed by atoms with E-state index in [2.05, 4.69) is 57.2 Å². The minimum atomic E-state index is -3.05. The zero-order valence-electron chi connectivity index (χ0n) is 27.0. The Balaban J connectivity index is 1.58. The smallest absolute Gasteiger partial charge is 0.305 e. The van der Waals surface area contributed by atoms with Crippen molar-refractivity contribution >= 4 is 32.5 Å². The molecule has 238 valence electrons. The van der Waals surface area contributed by atoms with Gasteiger partial charge in [0.2, 0.25) is 0 Å². The number of hydrogen-bond donors (Lipinski definition) is 1. The molecule has 0 spiro atoms. The normalized spacial score (nSPS) is 13.4. The Hall–Kier alpha value is -3.35. The second-order valence-corrected chi connectivity index (χ2v) is 18.8. The highest BCUT2D eigenvalue weighted by Gasteiger charge is 2.51. The van der Waals surface area contributed by atoms with E-state index in [1.54, 1.807) is 13.0 Å². The Morgan fingerprint density at radius 3 is 2.02 bits per heavy atom. The summed E-state index contributed by atoms with van der Waals surface area (Å²) in [6, 6.07) is 29.2. The number of aliphatic carboxylic acids is 1. The van der Waals surface area contributed by atoms with Gasteiger partial charge < -0.3 is 18.8 Å². The molecule has 0 bridgehead atoms. The molecule has 4 aromatic rings. The van der Waals surface area contributed by atoms with Gasteiger partial charge in [0.15, 0.2) is 0 Å². The molecular formula is C37H44FO5PSi. The number of hydrogen-bond acceptors (Lipinski definition) is 4. The number of carboxylic acid groups (broad SMARTS) is 1. The molecule has 0 saturated heterocycles. The van der Waals surface area contributed by atoms with Crippen molar-refractivity contribution < 1.29 is 28.0 Å². The molecule has 1 unspecified atom stereocenters. The summed E-state index contributed by atoms with van der Waals surface area (Å²) in [5, 5.41) is 11.6. The predicted molar refractivity (Wildman–Crippen MR) is 184 cm³/mol. The molecule has 0 radical (unpaired) electrons. The maximum absolute atomic E-state index is 14.0. The van der Waals surface area contributed by atoms with Crippen LogP contribution < -0.4 is 10.4 Å². The monoisotopic (exact) mass is 646 g/mol. The van der Waals surface area contributed by atoms with Crippen molar-refractivity contribution in [2.24, 2.45) is 0 Å². The zero-order valence-corrected chi connectivity index (χ0v) is 29.0. The molecule has 2 atom stereocenters. The largest absolute Gasteiger partial charge is 0.481 e. The van der Waals surface area contributed by atoms with Crippen molar-refractivity contribution in [1.82, 2.24) is 0 Å². The molecule has 8 heteroatoms. The van der Waals surface area contributed by atoms with Gasteiger partial charge in [0.1, 0.15) is 13.6 Å². The SMILES string of the molecule is Cc1cc(C)c(COC[PH](=O)C[C@H](CC(=O)O)O[Si](c2ccccc2)(c2ccccc2)C(C)(C)C)c(-c2ccc(F)c(C)c2)c1. The van der Waals surface area contributed by atoms with Crippen LogP contribution in [-0.2, 0) is 25.1 Å². The van der Waals surface area contributed by atoms with Crippen LogP contribution in [0.25, 0.3) is 11.1 Å². The quantitative estimate of drug-likeness (QED) is 0.118. The number of carboxylic acids is 1. The molecule has 0 aliphatic heterocycles. The average molecular weight is 647 g/mol. The van der Waals surface area contributed by atoms with Gasteiger partial charge in [0.05, 0.1) is 25.5 Å². The molecule has 0 aliphatic rings. The second kappa shape index (κ2) is 14.8. The Morgan fingerprint density at radius 2 is 1.49 bits per heavy atom. The Morgan fingerprint density at radius 1 is 0.889 bits per heavy atom. The van der Waals surface area contributed by atoms with Crippen molar-refractivity contribution in [3.8, 4) is 11.1 Å². The van der Waals surface area contributed by atoms with Gasteiger partial charge in [0, 0.05) is 6.16 Å². The molecule has 0 aliphatic carbocycles. The number of halogens is 1. The second-order valence-electron chi connectivity index (χ2n) is 12.8. The van der Waals surface area contributed by atoms with E-state index >= 15 is 0 Å². The van der Waals surface area contributed by atoms with Gasteiger partial charge >= 0.3 is 5.97 Å². The highest BCUT2D eigenvalue weighted by atomic mass is 31.1. The maximum Gasteiger partial charge on any atom is 0.305 e. The van der Waals surface area contributed by atoms with Gasteiger partial charge in [-0.3, -0.25) is 4.79 Å². The summed E-state index contributed by atoms with van der Waals surface area (Å²) >= 11 is 0. The third-order valence-electron chi connectivity index (χ3n) is 8.21. The van der Waals surface area contributed by atoms with Gasteiger partial charge in [-0.15, -0.1) is 0 Å².